The summed E-state index contributed by atoms with van der Waals surface area (Å²) >= 11 is 1.39. The number of hydrogen-bond acceptors (Lipinski definition) is 4. The summed E-state index contributed by atoms with van der Waals surface area (Å²) in [6, 6.07) is 16.6. The van der Waals surface area contributed by atoms with Gasteiger partial charge in [0.1, 0.15) is 5.75 Å². The Morgan fingerprint density at radius 1 is 1.00 bits per heavy atom. The van der Waals surface area contributed by atoms with Crippen LogP contribution in [0.25, 0.3) is 0 Å². The molecule has 0 aliphatic rings. The zero-order valence-electron chi connectivity index (χ0n) is 16.7. The lowest BCUT2D eigenvalue weighted by molar-refractivity contribution is -0.118. The van der Waals surface area contributed by atoms with Crippen molar-refractivity contribution in [1.29, 1.82) is 0 Å². The number of nitrogens with one attached hydrogen (secondary N) is 2. The normalized spacial score (nSPS) is 10.6. The van der Waals surface area contributed by atoms with E-state index in [0.717, 1.165) is 16.9 Å². The molecule has 0 radical (unpaired) electrons. The van der Waals surface area contributed by atoms with Gasteiger partial charge in [0.15, 0.2) is 6.61 Å². The highest BCUT2D eigenvalue weighted by molar-refractivity contribution is 7.12. The van der Waals surface area contributed by atoms with E-state index in [9.17, 15) is 9.59 Å². The number of aryl methyl sites for hydroxylation is 1. The third-order valence-electron chi connectivity index (χ3n) is 4.32. The molecule has 2 N–H and O–H groups in total. The summed E-state index contributed by atoms with van der Waals surface area (Å²) in [6.45, 7) is 6.11. The van der Waals surface area contributed by atoms with Crippen LogP contribution in [0.3, 0.4) is 0 Å². The summed E-state index contributed by atoms with van der Waals surface area (Å²) in [6.07, 6.45) is 0. The van der Waals surface area contributed by atoms with Crippen molar-refractivity contribution in [1.82, 2.24) is 0 Å². The summed E-state index contributed by atoms with van der Waals surface area (Å²) in [5, 5.41) is 7.49. The topological polar surface area (TPSA) is 67.4 Å². The minimum atomic E-state index is -0.239. The van der Waals surface area contributed by atoms with Gasteiger partial charge in [-0.05, 0) is 65.7 Å². The van der Waals surface area contributed by atoms with Gasteiger partial charge < -0.3 is 15.4 Å². The predicted octanol–water partition coefficient (Wildman–Crippen LogP) is 5.45. The molecule has 1 aromatic heterocycles. The van der Waals surface area contributed by atoms with Crippen molar-refractivity contribution in [2.75, 3.05) is 17.2 Å². The second-order valence-corrected chi connectivity index (χ2v) is 7.99. The number of anilines is 2. The van der Waals surface area contributed by atoms with Gasteiger partial charge in [0, 0.05) is 11.4 Å². The first-order valence-corrected chi connectivity index (χ1v) is 10.3. The van der Waals surface area contributed by atoms with Gasteiger partial charge in [0.2, 0.25) is 0 Å². The highest BCUT2D eigenvalue weighted by atomic mass is 32.1. The summed E-state index contributed by atoms with van der Waals surface area (Å²) < 4.78 is 5.76. The first-order valence-electron chi connectivity index (χ1n) is 9.40. The Morgan fingerprint density at radius 2 is 1.69 bits per heavy atom. The maximum atomic E-state index is 12.3. The molecule has 0 saturated heterocycles. The van der Waals surface area contributed by atoms with E-state index in [0.29, 0.717) is 22.2 Å². The molecule has 2 aromatic carbocycles. The third kappa shape index (κ3) is 5.68. The Hall–Kier alpha value is -3.12. The van der Waals surface area contributed by atoms with Crippen molar-refractivity contribution < 1.29 is 14.3 Å². The zero-order chi connectivity index (χ0) is 20.8. The van der Waals surface area contributed by atoms with E-state index in [1.54, 1.807) is 30.3 Å². The SMILES string of the molecule is Cc1ccc(C(C)C)c(OCC(=O)Nc2ccc(NC(=O)c3cccs3)cc2)c1. The van der Waals surface area contributed by atoms with Crippen molar-refractivity contribution in [3.05, 3.63) is 76.0 Å². The van der Waals surface area contributed by atoms with Crippen LogP contribution < -0.4 is 15.4 Å². The van der Waals surface area contributed by atoms with Crippen molar-refractivity contribution in [2.24, 2.45) is 0 Å². The van der Waals surface area contributed by atoms with E-state index in [1.165, 1.54) is 11.3 Å². The first-order chi connectivity index (χ1) is 13.9. The van der Waals surface area contributed by atoms with Crippen LogP contribution in [0.5, 0.6) is 5.75 Å². The van der Waals surface area contributed by atoms with Gasteiger partial charge in [0.25, 0.3) is 11.8 Å². The van der Waals surface area contributed by atoms with E-state index in [-0.39, 0.29) is 18.4 Å². The van der Waals surface area contributed by atoms with Crippen LogP contribution in [0.2, 0.25) is 0 Å². The van der Waals surface area contributed by atoms with Crippen LogP contribution in [-0.4, -0.2) is 18.4 Å². The molecule has 1 heterocycles. The van der Waals surface area contributed by atoms with Crippen LogP contribution in [-0.2, 0) is 4.79 Å². The Morgan fingerprint density at radius 3 is 2.31 bits per heavy atom. The molecule has 0 atom stereocenters. The number of thiophene rings is 1. The van der Waals surface area contributed by atoms with E-state index in [2.05, 4.69) is 24.5 Å². The standard InChI is InChI=1S/C23H24N2O3S/c1-15(2)19-11-6-16(3)13-20(19)28-14-22(26)24-17-7-9-18(10-8-17)25-23(27)21-5-4-12-29-21/h4-13,15H,14H2,1-3H3,(H,24,26)(H,25,27). The smallest absolute Gasteiger partial charge is 0.265 e. The van der Waals surface area contributed by atoms with Gasteiger partial charge in [-0.25, -0.2) is 0 Å². The van der Waals surface area contributed by atoms with Gasteiger partial charge in [-0.1, -0.05) is 32.0 Å². The molecule has 0 aliphatic heterocycles. The average Bonchev–Trinajstić information content (AvgIpc) is 3.23. The number of amides is 2. The maximum Gasteiger partial charge on any atom is 0.265 e. The molecular formula is C23H24N2O3S. The lowest BCUT2D eigenvalue weighted by atomic mass is 10.0. The van der Waals surface area contributed by atoms with Crippen LogP contribution in [0.15, 0.2) is 60.0 Å². The number of carbonyl (C=O) groups excluding carboxylic acids is 2. The molecule has 29 heavy (non-hydrogen) atoms. The van der Waals surface area contributed by atoms with Crippen molar-refractivity contribution in [3.63, 3.8) is 0 Å². The second-order valence-electron chi connectivity index (χ2n) is 7.04. The predicted molar refractivity (Wildman–Crippen MR) is 118 cm³/mol. The number of hydrogen-bond donors (Lipinski definition) is 2. The summed E-state index contributed by atoms with van der Waals surface area (Å²) in [5.74, 6) is 0.660. The highest BCUT2D eigenvalue weighted by Gasteiger charge is 2.11. The summed E-state index contributed by atoms with van der Waals surface area (Å²) in [4.78, 5) is 25.0. The van der Waals surface area contributed by atoms with Gasteiger partial charge in [0.05, 0.1) is 4.88 Å². The van der Waals surface area contributed by atoms with Crippen LogP contribution in [0.4, 0.5) is 11.4 Å². The fourth-order valence-corrected chi connectivity index (χ4v) is 3.44. The van der Waals surface area contributed by atoms with Gasteiger partial charge >= 0.3 is 0 Å². The molecule has 3 rings (SSSR count). The van der Waals surface area contributed by atoms with E-state index >= 15 is 0 Å². The second kappa shape index (κ2) is 9.39. The first kappa shape index (κ1) is 20.6. The van der Waals surface area contributed by atoms with E-state index in [1.807, 2.05) is 36.6 Å². The molecular weight excluding hydrogens is 384 g/mol. The van der Waals surface area contributed by atoms with E-state index < -0.39 is 0 Å². The number of benzene rings is 2. The summed E-state index contributed by atoms with van der Waals surface area (Å²) in [5.41, 5.74) is 3.47. The quantitative estimate of drug-likeness (QED) is 0.546. The minimum absolute atomic E-state index is 0.0694. The van der Waals surface area contributed by atoms with Gasteiger partial charge in [-0.2, -0.15) is 0 Å². The van der Waals surface area contributed by atoms with Gasteiger partial charge in [-0.3, -0.25) is 9.59 Å². The molecule has 0 fully saturated rings. The molecule has 3 aromatic rings. The lowest BCUT2D eigenvalue weighted by Gasteiger charge is -2.15. The van der Waals surface area contributed by atoms with Crippen LogP contribution in [0.1, 0.15) is 40.6 Å². The van der Waals surface area contributed by atoms with Crippen molar-refractivity contribution in [2.45, 2.75) is 26.7 Å². The zero-order valence-corrected chi connectivity index (χ0v) is 17.5. The molecule has 6 heteroatoms. The van der Waals surface area contributed by atoms with Crippen molar-refractivity contribution in [3.8, 4) is 5.75 Å². The van der Waals surface area contributed by atoms with Crippen LogP contribution >= 0.6 is 11.3 Å². The molecule has 5 nitrogen and oxygen atoms in total. The fourth-order valence-electron chi connectivity index (χ4n) is 2.82. The highest BCUT2D eigenvalue weighted by Crippen LogP contribution is 2.27. The number of ether oxygens (including phenoxy) is 1. The Labute approximate surface area is 174 Å². The molecule has 2 amide bonds. The number of rotatable bonds is 7. The monoisotopic (exact) mass is 408 g/mol. The Kier molecular flexibility index (Phi) is 6.67. The molecule has 150 valence electrons. The largest absolute Gasteiger partial charge is 0.483 e. The van der Waals surface area contributed by atoms with Crippen LogP contribution in [0, 0.1) is 6.92 Å². The van der Waals surface area contributed by atoms with Gasteiger partial charge in [-0.15, -0.1) is 11.3 Å². The molecule has 0 spiro atoms. The molecule has 0 aliphatic carbocycles. The Balaban J connectivity index is 1.55. The van der Waals surface area contributed by atoms with E-state index in [4.69, 9.17) is 4.74 Å². The van der Waals surface area contributed by atoms with Crippen molar-refractivity contribution >= 4 is 34.5 Å². The number of carbonyl (C=O) groups is 2. The molecule has 0 unspecified atom stereocenters. The lowest BCUT2D eigenvalue weighted by Crippen LogP contribution is -2.20. The summed E-state index contributed by atoms with van der Waals surface area (Å²) in [7, 11) is 0. The average molecular weight is 409 g/mol. The minimum Gasteiger partial charge on any atom is -0.483 e. The molecule has 0 bridgehead atoms. The fraction of sp³-hybridized carbons (Fsp3) is 0.217. The molecule has 0 saturated carbocycles. The Bertz CT molecular complexity index is 980. The maximum absolute atomic E-state index is 12.3. The third-order valence-corrected chi connectivity index (χ3v) is 5.19.